The summed E-state index contributed by atoms with van der Waals surface area (Å²) in [4.78, 5) is 0. The van der Waals surface area contributed by atoms with Crippen molar-refractivity contribution in [3.05, 3.63) is 16.4 Å². The Hall–Kier alpha value is -0.580. The second-order valence-electron chi connectivity index (χ2n) is 4.89. The van der Waals surface area contributed by atoms with Crippen LogP contribution in [0.2, 0.25) is 5.02 Å². The molecule has 1 aromatic rings. The van der Waals surface area contributed by atoms with Crippen molar-refractivity contribution in [2.45, 2.75) is 58.3 Å². The van der Waals surface area contributed by atoms with Crippen LogP contribution in [0.1, 0.15) is 37.6 Å². The van der Waals surface area contributed by atoms with E-state index in [1.165, 1.54) is 0 Å². The Balaban J connectivity index is 1.99. The molecule has 2 unspecified atom stereocenters. The van der Waals surface area contributed by atoms with Gasteiger partial charge in [0, 0.05) is 19.6 Å². The van der Waals surface area contributed by atoms with E-state index < -0.39 is 6.10 Å². The predicted molar refractivity (Wildman–Crippen MR) is 70.9 cm³/mol. The highest BCUT2D eigenvalue weighted by atomic mass is 35.5. The molecule has 18 heavy (non-hydrogen) atoms. The maximum absolute atomic E-state index is 10.1. The number of hydrogen-bond donors (Lipinski definition) is 1. The van der Waals surface area contributed by atoms with Crippen LogP contribution in [0.5, 0.6) is 0 Å². The summed E-state index contributed by atoms with van der Waals surface area (Å²) in [5.41, 5.74) is 1.76. The van der Waals surface area contributed by atoms with Crippen molar-refractivity contribution in [3.63, 3.8) is 0 Å². The van der Waals surface area contributed by atoms with Gasteiger partial charge in [0.2, 0.25) is 0 Å². The van der Waals surface area contributed by atoms with Gasteiger partial charge >= 0.3 is 0 Å². The number of aryl methyl sites for hydroxylation is 2. The standard InChI is InChI=1S/C13H21ClN2O2/c1-3-16-12(13(14)9(2)15-16)8-10(17)7-11-5-4-6-18-11/h10-11,17H,3-8H2,1-2H3. The van der Waals surface area contributed by atoms with E-state index in [0.29, 0.717) is 17.9 Å². The van der Waals surface area contributed by atoms with Crippen molar-refractivity contribution in [1.82, 2.24) is 9.78 Å². The van der Waals surface area contributed by atoms with Crippen LogP contribution in [0, 0.1) is 6.92 Å². The van der Waals surface area contributed by atoms with Crippen LogP contribution in [0.25, 0.3) is 0 Å². The summed E-state index contributed by atoms with van der Waals surface area (Å²) < 4.78 is 7.41. The second kappa shape index (κ2) is 6.04. The van der Waals surface area contributed by atoms with Gasteiger partial charge in [0.15, 0.2) is 0 Å². The molecule has 1 aliphatic heterocycles. The van der Waals surface area contributed by atoms with Gasteiger partial charge in [0.05, 0.1) is 28.6 Å². The minimum atomic E-state index is -0.410. The third-order valence-electron chi connectivity index (χ3n) is 3.44. The van der Waals surface area contributed by atoms with Crippen LogP contribution in [0.15, 0.2) is 0 Å². The van der Waals surface area contributed by atoms with Crippen LogP contribution >= 0.6 is 11.6 Å². The third kappa shape index (κ3) is 3.05. The Morgan fingerprint density at radius 1 is 1.61 bits per heavy atom. The van der Waals surface area contributed by atoms with E-state index in [9.17, 15) is 5.11 Å². The lowest BCUT2D eigenvalue weighted by molar-refractivity contribution is 0.0533. The molecule has 0 radical (unpaired) electrons. The van der Waals surface area contributed by atoms with Gasteiger partial charge in [-0.25, -0.2) is 0 Å². The molecule has 1 aliphatic rings. The molecule has 0 bridgehead atoms. The fourth-order valence-electron chi connectivity index (χ4n) is 2.50. The minimum Gasteiger partial charge on any atom is -0.393 e. The molecule has 1 fully saturated rings. The first-order valence-corrected chi connectivity index (χ1v) is 7.01. The summed E-state index contributed by atoms with van der Waals surface area (Å²) in [6.07, 6.45) is 3.18. The number of hydrogen-bond acceptors (Lipinski definition) is 3. The molecule has 0 saturated carbocycles. The van der Waals surface area contributed by atoms with E-state index in [1.807, 2.05) is 18.5 Å². The van der Waals surface area contributed by atoms with Gasteiger partial charge in [-0.1, -0.05) is 11.6 Å². The lowest BCUT2D eigenvalue weighted by Crippen LogP contribution is -2.21. The molecule has 0 aromatic carbocycles. The highest BCUT2D eigenvalue weighted by Gasteiger charge is 2.22. The molecule has 1 saturated heterocycles. The molecule has 2 heterocycles. The van der Waals surface area contributed by atoms with Gasteiger partial charge in [-0.05, 0) is 33.1 Å². The van der Waals surface area contributed by atoms with E-state index in [4.69, 9.17) is 16.3 Å². The molecule has 4 nitrogen and oxygen atoms in total. The van der Waals surface area contributed by atoms with E-state index in [1.54, 1.807) is 0 Å². The molecule has 1 aromatic heterocycles. The van der Waals surface area contributed by atoms with E-state index in [-0.39, 0.29) is 6.10 Å². The summed E-state index contributed by atoms with van der Waals surface area (Å²) in [6, 6.07) is 0. The number of aromatic nitrogens is 2. The predicted octanol–water partition coefficient (Wildman–Crippen LogP) is 2.34. The molecule has 0 spiro atoms. The Kier molecular flexibility index (Phi) is 4.65. The topological polar surface area (TPSA) is 47.3 Å². The Bertz CT molecular complexity index is 400. The number of aliphatic hydroxyl groups is 1. The second-order valence-corrected chi connectivity index (χ2v) is 5.27. The summed E-state index contributed by atoms with van der Waals surface area (Å²) >= 11 is 6.23. The van der Waals surface area contributed by atoms with Crippen molar-refractivity contribution < 1.29 is 9.84 Å². The van der Waals surface area contributed by atoms with Gasteiger partial charge in [-0.2, -0.15) is 5.10 Å². The molecule has 102 valence electrons. The molecule has 5 heteroatoms. The highest BCUT2D eigenvalue weighted by molar-refractivity contribution is 6.31. The molecule has 0 amide bonds. The molecule has 2 atom stereocenters. The Morgan fingerprint density at radius 3 is 3.00 bits per heavy atom. The van der Waals surface area contributed by atoms with Crippen molar-refractivity contribution in [2.75, 3.05) is 6.61 Å². The van der Waals surface area contributed by atoms with E-state index in [2.05, 4.69) is 5.10 Å². The zero-order chi connectivity index (χ0) is 13.1. The monoisotopic (exact) mass is 272 g/mol. The zero-order valence-electron chi connectivity index (χ0n) is 11.0. The Labute approximate surface area is 113 Å². The summed E-state index contributed by atoms with van der Waals surface area (Å²) in [5, 5.41) is 15.2. The van der Waals surface area contributed by atoms with Gasteiger partial charge in [0.25, 0.3) is 0 Å². The van der Waals surface area contributed by atoms with Crippen LogP contribution in [-0.2, 0) is 17.7 Å². The molecular formula is C13H21ClN2O2. The maximum atomic E-state index is 10.1. The number of nitrogens with zero attached hydrogens (tertiary/aromatic N) is 2. The van der Waals surface area contributed by atoms with Crippen LogP contribution in [0.3, 0.4) is 0 Å². The molecular weight excluding hydrogens is 252 g/mol. The number of rotatable bonds is 5. The first-order chi connectivity index (χ1) is 8.61. The van der Waals surface area contributed by atoms with Gasteiger partial charge < -0.3 is 9.84 Å². The lowest BCUT2D eigenvalue weighted by Gasteiger charge is -2.16. The molecule has 0 aliphatic carbocycles. The number of aliphatic hydroxyl groups excluding tert-OH is 1. The summed E-state index contributed by atoms with van der Waals surface area (Å²) in [7, 11) is 0. The number of ether oxygens (including phenoxy) is 1. The van der Waals surface area contributed by atoms with E-state index >= 15 is 0 Å². The smallest absolute Gasteiger partial charge is 0.0848 e. The van der Waals surface area contributed by atoms with Crippen molar-refractivity contribution in [1.29, 1.82) is 0 Å². The third-order valence-corrected chi connectivity index (χ3v) is 3.93. The van der Waals surface area contributed by atoms with Crippen molar-refractivity contribution in [2.24, 2.45) is 0 Å². The SMILES string of the molecule is CCn1nc(C)c(Cl)c1CC(O)CC1CCCO1. The molecule has 1 N–H and O–H groups in total. The normalized spacial score (nSPS) is 21.4. The fourth-order valence-corrected chi connectivity index (χ4v) is 2.72. The maximum Gasteiger partial charge on any atom is 0.0848 e. The van der Waals surface area contributed by atoms with Crippen molar-refractivity contribution >= 4 is 11.6 Å². The minimum absolute atomic E-state index is 0.206. The van der Waals surface area contributed by atoms with Crippen LogP contribution < -0.4 is 0 Å². The quantitative estimate of drug-likeness (QED) is 0.895. The van der Waals surface area contributed by atoms with Gasteiger partial charge in [0.1, 0.15) is 0 Å². The number of halogens is 1. The zero-order valence-corrected chi connectivity index (χ0v) is 11.8. The average Bonchev–Trinajstić information content (AvgIpc) is 2.92. The largest absolute Gasteiger partial charge is 0.393 e. The average molecular weight is 273 g/mol. The molecule has 2 rings (SSSR count). The highest BCUT2D eigenvalue weighted by Crippen LogP contribution is 2.24. The summed E-state index contributed by atoms with van der Waals surface area (Å²) in [5.74, 6) is 0. The van der Waals surface area contributed by atoms with Crippen LogP contribution in [-0.4, -0.2) is 33.7 Å². The lowest BCUT2D eigenvalue weighted by atomic mass is 10.0. The fraction of sp³-hybridized carbons (Fsp3) is 0.769. The summed E-state index contributed by atoms with van der Waals surface area (Å²) in [6.45, 7) is 5.52. The first kappa shape index (κ1) is 13.8. The van der Waals surface area contributed by atoms with Crippen molar-refractivity contribution in [3.8, 4) is 0 Å². The van der Waals surface area contributed by atoms with Gasteiger partial charge in [-0.15, -0.1) is 0 Å². The Morgan fingerprint density at radius 2 is 2.39 bits per heavy atom. The van der Waals surface area contributed by atoms with E-state index in [0.717, 1.165) is 37.4 Å². The van der Waals surface area contributed by atoms with Gasteiger partial charge in [-0.3, -0.25) is 4.68 Å². The first-order valence-electron chi connectivity index (χ1n) is 6.63. The van der Waals surface area contributed by atoms with Crippen LogP contribution in [0.4, 0.5) is 0 Å².